The van der Waals surface area contributed by atoms with Crippen molar-refractivity contribution in [2.75, 3.05) is 23.9 Å². The van der Waals surface area contributed by atoms with Gasteiger partial charge in [0.05, 0.1) is 23.1 Å². The number of aryl methyl sites for hydroxylation is 1. The highest BCUT2D eigenvalue weighted by molar-refractivity contribution is 7.91. The van der Waals surface area contributed by atoms with E-state index in [0.717, 1.165) is 0 Å². The van der Waals surface area contributed by atoms with E-state index in [1.807, 2.05) is 6.07 Å². The Kier molecular flexibility index (Phi) is 5.10. The summed E-state index contributed by atoms with van der Waals surface area (Å²) in [5, 5.41) is 11.9. The number of sulfone groups is 1. The van der Waals surface area contributed by atoms with Gasteiger partial charge in [0.2, 0.25) is 5.95 Å². The minimum atomic E-state index is -3.08. The second-order valence-electron chi connectivity index (χ2n) is 6.51. The highest BCUT2D eigenvalue weighted by Crippen LogP contribution is 2.20. The molecule has 2 heterocycles. The number of amides is 1. The monoisotopic (exact) mass is 385 g/mol. The van der Waals surface area contributed by atoms with E-state index in [-0.39, 0.29) is 35.1 Å². The lowest BCUT2D eigenvalue weighted by atomic mass is 10.2. The summed E-state index contributed by atoms with van der Waals surface area (Å²) in [6, 6.07) is 10.1. The number of hydrogen-bond donors (Lipinski definition) is 1. The van der Waals surface area contributed by atoms with Crippen LogP contribution in [-0.2, 0) is 9.84 Å². The number of anilines is 2. The molecule has 27 heavy (non-hydrogen) atoms. The van der Waals surface area contributed by atoms with Gasteiger partial charge in [-0.3, -0.25) is 4.79 Å². The SMILES string of the molecule is Cc1cc(C(=O)N(C)C2CCS(=O)(=O)C2)nc(Nc2ccc(C#N)cc2)n1. The first-order valence-corrected chi connectivity index (χ1v) is 10.2. The Morgan fingerprint density at radius 1 is 1.30 bits per heavy atom. The molecule has 0 saturated carbocycles. The van der Waals surface area contributed by atoms with Gasteiger partial charge in [-0.25, -0.2) is 18.4 Å². The van der Waals surface area contributed by atoms with Crippen LogP contribution in [0.15, 0.2) is 30.3 Å². The average Bonchev–Trinajstić information content (AvgIpc) is 3.00. The zero-order valence-corrected chi connectivity index (χ0v) is 15.8. The minimum absolute atomic E-state index is 0.0182. The summed E-state index contributed by atoms with van der Waals surface area (Å²) in [6.45, 7) is 1.75. The second kappa shape index (κ2) is 7.32. The Morgan fingerprint density at radius 2 is 2.00 bits per heavy atom. The molecule has 1 saturated heterocycles. The molecule has 1 aliphatic heterocycles. The molecule has 0 radical (unpaired) electrons. The third-order valence-corrected chi connectivity index (χ3v) is 6.17. The van der Waals surface area contributed by atoms with Crippen LogP contribution in [0.25, 0.3) is 0 Å². The Balaban J connectivity index is 1.80. The molecular formula is C18H19N5O3S. The molecule has 0 aliphatic carbocycles. The van der Waals surface area contributed by atoms with Gasteiger partial charge in [-0.15, -0.1) is 0 Å². The second-order valence-corrected chi connectivity index (χ2v) is 8.73. The molecule has 9 heteroatoms. The molecule has 1 aromatic heterocycles. The molecule has 140 valence electrons. The zero-order valence-electron chi connectivity index (χ0n) is 15.0. The summed E-state index contributed by atoms with van der Waals surface area (Å²) in [6.07, 6.45) is 0.436. The lowest BCUT2D eigenvalue weighted by molar-refractivity contribution is 0.0741. The number of nitrogens with one attached hydrogen (secondary N) is 1. The van der Waals surface area contributed by atoms with E-state index in [0.29, 0.717) is 23.4 Å². The first-order valence-electron chi connectivity index (χ1n) is 8.38. The molecule has 0 bridgehead atoms. The predicted molar refractivity (Wildman–Crippen MR) is 100 cm³/mol. The van der Waals surface area contributed by atoms with E-state index in [4.69, 9.17) is 5.26 Å². The highest BCUT2D eigenvalue weighted by atomic mass is 32.2. The van der Waals surface area contributed by atoms with E-state index >= 15 is 0 Å². The Labute approximate surface area is 157 Å². The number of nitriles is 1. The van der Waals surface area contributed by atoms with Gasteiger partial charge in [-0.1, -0.05) is 0 Å². The summed E-state index contributed by atoms with van der Waals surface area (Å²) >= 11 is 0. The van der Waals surface area contributed by atoms with Gasteiger partial charge in [0.25, 0.3) is 5.91 Å². The standard InChI is InChI=1S/C18H19N5O3S/c1-12-9-16(17(24)23(2)15-7-8-27(25,26)11-15)22-18(20-12)21-14-5-3-13(10-19)4-6-14/h3-6,9,15H,7-8,11H2,1-2H3,(H,20,21,22). The van der Waals surface area contributed by atoms with Crippen molar-refractivity contribution in [1.82, 2.24) is 14.9 Å². The van der Waals surface area contributed by atoms with Gasteiger partial charge >= 0.3 is 0 Å². The van der Waals surface area contributed by atoms with Crippen LogP contribution in [0.2, 0.25) is 0 Å². The first-order chi connectivity index (χ1) is 12.8. The minimum Gasteiger partial charge on any atom is -0.336 e. The molecule has 1 fully saturated rings. The van der Waals surface area contributed by atoms with Crippen molar-refractivity contribution in [3.8, 4) is 6.07 Å². The molecule has 8 nitrogen and oxygen atoms in total. The summed E-state index contributed by atoms with van der Waals surface area (Å²) in [5.74, 6) is 0.000153. The fourth-order valence-corrected chi connectivity index (χ4v) is 4.69. The lowest BCUT2D eigenvalue weighted by Gasteiger charge is -2.23. The van der Waals surface area contributed by atoms with E-state index in [9.17, 15) is 13.2 Å². The summed E-state index contributed by atoms with van der Waals surface area (Å²) in [4.78, 5) is 22.8. The van der Waals surface area contributed by atoms with Gasteiger partial charge in [0.15, 0.2) is 9.84 Å². The average molecular weight is 385 g/mol. The Bertz CT molecular complexity index is 1010. The van der Waals surface area contributed by atoms with E-state index in [1.165, 1.54) is 4.90 Å². The van der Waals surface area contributed by atoms with Gasteiger partial charge in [0.1, 0.15) is 5.69 Å². The van der Waals surface area contributed by atoms with Crippen molar-refractivity contribution in [2.45, 2.75) is 19.4 Å². The van der Waals surface area contributed by atoms with Crippen LogP contribution in [0.1, 0.15) is 28.2 Å². The van der Waals surface area contributed by atoms with Crippen molar-refractivity contribution in [2.24, 2.45) is 0 Å². The van der Waals surface area contributed by atoms with Crippen LogP contribution in [-0.4, -0.2) is 53.8 Å². The third kappa shape index (κ3) is 4.41. The maximum atomic E-state index is 12.8. The van der Waals surface area contributed by atoms with Crippen molar-refractivity contribution in [1.29, 1.82) is 5.26 Å². The van der Waals surface area contributed by atoms with Crippen LogP contribution in [0, 0.1) is 18.3 Å². The van der Waals surface area contributed by atoms with E-state index in [1.54, 1.807) is 44.3 Å². The molecule has 1 N–H and O–H groups in total. The number of benzene rings is 1. The van der Waals surface area contributed by atoms with Crippen LogP contribution in [0.5, 0.6) is 0 Å². The van der Waals surface area contributed by atoms with Gasteiger partial charge in [-0.2, -0.15) is 5.26 Å². The van der Waals surface area contributed by atoms with Crippen LogP contribution in [0.4, 0.5) is 11.6 Å². The molecule has 3 rings (SSSR count). The first kappa shape index (κ1) is 18.8. The molecule has 1 unspecified atom stereocenters. The number of rotatable bonds is 4. The summed E-state index contributed by atoms with van der Waals surface area (Å²) < 4.78 is 23.3. The maximum absolute atomic E-state index is 12.8. The quantitative estimate of drug-likeness (QED) is 0.851. The van der Waals surface area contributed by atoms with E-state index < -0.39 is 9.84 Å². The molecule has 1 atom stereocenters. The molecule has 0 spiro atoms. The van der Waals surface area contributed by atoms with Gasteiger partial charge < -0.3 is 10.2 Å². The smallest absolute Gasteiger partial charge is 0.272 e. The zero-order chi connectivity index (χ0) is 19.6. The van der Waals surface area contributed by atoms with Crippen LogP contribution < -0.4 is 5.32 Å². The Hall–Kier alpha value is -2.99. The van der Waals surface area contributed by atoms with Crippen molar-refractivity contribution in [3.05, 3.63) is 47.3 Å². The summed E-state index contributed by atoms with van der Waals surface area (Å²) in [7, 11) is -1.48. The maximum Gasteiger partial charge on any atom is 0.272 e. The molecule has 1 aliphatic rings. The van der Waals surface area contributed by atoms with Crippen LogP contribution in [0.3, 0.4) is 0 Å². The molecular weight excluding hydrogens is 366 g/mol. The molecule has 1 amide bonds. The van der Waals surface area contributed by atoms with Crippen LogP contribution >= 0.6 is 0 Å². The normalized spacial score (nSPS) is 17.9. The Morgan fingerprint density at radius 3 is 2.59 bits per heavy atom. The lowest BCUT2D eigenvalue weighted by Crippen LogP contribution is -2.38. The molecule has 2 aromatic rings. The van der Waals surface area contributed by atoms with Gasteiger partial charge in [0, 0.05) is 24.5 Å². The van der Waals surface area contributed by atoms with Crippen molar-refractivity contribution in [3.63, 3.8) is 0 Å². The van der Waals surface area contributed by atoms with Crippen molar-refractivity contribution >= 4 is 27.4 Å². The number of nitrogens with zero attached hydrogens (tertiary/aromatic N) is 4. The fraction of sp³-hybridized carbons (Fsp3) is 0.333. The van der Waals surface area contributed by atoms with Gasteiger partial charge in [-0.05, 0) is 43.7 Å². The van der Waals surface area contributed by atoms with E-state index in [2.05, 4.69) is 15.3 Å². The number of carbonyl (C=O) groups excluding carboxylic acids is 1. The topological polar surface area (TPSA) is 116 Å². The highest BCUT2D eigenvalue weighted by Gasteiger charge is 2.33. The summed E-state index contributed by atoms with van der Waals surface area (Å²) in [5.41, 5.74) is 2.03. The third-order valence-electron chi connectivity index (χ3n) is 4.42. The predicted octanol–water partition coefficient (Wildman–Crippen LogP) is 1.66. The number of hydrogen-bond acceptors (Lipinski definition) is 7. The fourth-order valence-electron chi connectivity index (χ4n) is 2.92. The number of aromatic nitrogens is 2. The molecule has 1 aromatic carbocycles. The largest absolute Gasteiger partial charge is 0.336 e. The van der Waals surface area contributed by atoms with Crippen molar-refractivity contribution < 1.29 is 13.2 Å². The number of carbonyl (C=O) groups is 1.